The van der Waals surface area contributed by atoms with Crippen LogP contribution in [0, 0.1) is 17.0 Å². The molecule has 2 rings (SSSR count). The van der Waals surface area contributed by atoms with Crippen LogP contribution in [0.1, 0.15) is 12.5 Å². The molecule has 0 spiro atoms. The van der Waals surface area contributed by atoms with Crippen molar-refractivity contribution in [3.63, 3.8) is 0 Å². The van der Waals surface area contributed by atoms with Crippen molar-refractivity contribution in [2.45, 2.75) is 13.8 Å². The summed E-state index contributed by atoms with van der Waals surface area (Å²) in [5.74, 6) is 0.914. The monoisotopic (exact) mass is 352 g/mol. The maximum Gasteiger partial charge on any atom is 0.311 e. The molecule has 0 saturated carbocycles. The number of anilines is 1. The minimum Gasteiger partial charge on any atom is -0.430 e. The number of nitrogens with one attached hydrogen (secondary N) is 1. The molecular weight excluding hydrogens is 340 g/mol. The average Bonchev–Trinajstić information content (AvgIpc) is 2.45. The number of aromatic nitrogens is 2. The van der Waals surface area contributed by atoms with Crippen LogP contribution in [0.25, 0.3) is 0 Å². The first kappa shape index (κ1) is 15.2. The fourth-order valence-electron chi connectivity index (χ4n) is 1.68. The van der Waals surface area contributed by atoms with Crippen LogP contribution in [0.2, 0.25) is 0 Å². The van der Waals surface area contributed by atoms with E-state index in [0.717, 1.165) is 5.56 Å². The van der Waals surface area contributed by atoms with Crippen LogP contribution in [-0.2, 0) is 0 Å². The SMILES string of the molecule is CCNc1ncnc(Oc2ccc(C)cc2[N+](=O)[O-])c1Br. The molecule has 8 heteroatoms. The largest absolute Gasteiger partial charge is 0.430 e. The zero-order valence-corrected chi connectivity index (χ0v) is 13.0. The third kappa shape index (κ3) is 3.46. The molecule has 1 aromatic heterocycles. The van der Waals surface area contributed by atoms with Gasteiger partial charge in [-0.15, -0.1) is 0 Å². The van der Waals surface area contributed by atoms with Crippen LogP contribution in [0.3, 0.4) is 0 Å². The maximum atomic E-state index is 11.1. The van der Waals surface area contributed by atoms with Crippen molar-refractivity contribution < 1.29 is 9.66 Å². The minimum atomic E-state index is -0.483. The Morgan fingerprint density at radius 2 is 2.19 bits per heavy atom. The van der Waals surface area contributed by atoms with Crippen LogP contribution >= 0.6 is 15.9 Å². The summed E-state index contributed by atoms with van der Waals surface area (Å²) >= 11 is 3.33. The molecule has 0 aliphatic heterocycles. The number of nitro groups is 1. The van der Waals surface area contributed by atoms with Gasteiger partial charge in [-0.25, -0.2) is 9.97 Å². The van der Waals surface area contributed by atoms with Crippen molar-refractivity contribution in [3.05, 3.63) is 44.7 Å². The lowest BCUT2D eigenvalue weighted by molar-refractivity contribution is -0.385. The van der Waals surface area contributed by atoms with Gasteiger partial charge in [-0.3, -0.25) is 10.1 Å². The summed E-state index contributed by atoms with van der Waals surface area (Å²) in [6.07, 6.45) is 1.33. The number of hydrogen-bond donors (Lipinski definition) is 1. The van der Waals surface area contributed by atoms with Gasteiger partial charge >= 0.3 is 5.69 Å². The van der Waals surface area contributed by atoms with Gasteiger partial charge in [0.15, 0.2) is 0 Å². The van der Waals surface area contributed by atoms with Gasteiger partial charge in [0, 0.05) is 12.6 Å². The van der Waals surface area contributed by atoms with E-state index < -0.39 is 4.92 Å². The third-order valence-corrected chi connectivity index (χ3v) is 3.33. The molecule has 1 heterocycles. The standard InChI is InChI=1S/C13H13BrN4O3/c1-3-15-12-11(14)13(17-7-16-12)21-10-5-4-8(2)6-9(10)18(19)20/h4-7H,3H2,1-2H3,(H,15,16,17). The number of hydrogen-bond acceptors (Lipinski definition) is 6. The number of halogens is 1. The highest BCUT2D eigenvalue weighted by molar-refractivity contribution is 9.10. The van der Waals surface area contributed by atoms with E-state index in [1.54, 1.807) is 19.1 Å². The fourth-order valence-corrected chi connectivity index (χ4v) is 2.10. The summed E-state index contributed by atoms with van der Waals surface area (Å²) in [5, 5.41) is 14.1. The number of nitrogens with zero attached hydrogens (tertiary/aromatic N) is 3. The van der Waals surface area contributed by atoms with Gasteiger partial charge in [0.2, 0.25) is 11.6 Å². The molecule has 0 saturated heterocycles. The zero-order valence-electron chi connectivity index (χ0n) is 11.5. The average molecular weight is 353 g/mol. The van der Waals surface area contributed by atoms with E-state index in [1.807, 2.05) is 6.92 Å². The van der Waals surface area contributed by atoms with Crippen LogP contribution in [0.5, 0.6) is 11.6 Å². The van der Waals surface area contributed by atoms with E-state index >= 15 is 0 Å². The molecule has 21 heavy (non-hydrogen) atoms. The van der Waals surface area contributed by atoms with Crippen LogP contribution in [-0.4, -0.2) is 21.4 Å². The quantitative estimate of drug-likeness (QED) is 0.651. The van der Waals surface area contributed by atoms with Crippen molar-refractivity contribution in [2.75, 3.05) is 11.9 Å². The Kier molecular flexibility index (Phi) is 4.69. The molecule has 0 unspecified atom stereocenters. The summed E-state index contributed by atoms with van der Waals surface area (Å²) in [7, 11) is 0. The van der Waals surface area contributed by atoms with Crippen molar-refractivity contribution >= 4 is 27.4 Å². The van der Waals surface area contributed by atoms with E-state index in [-0.39, 0.29) is 17.3 Å². The third-order valence-electron chi connectivity index (χ3n) is 2.62. The van der Waals surface area contributed by atoms with E-state index in [4.69, 9.17) is 4.74 Å². The van der Waals surface area contributed by atoms with E-state index in [2.05, 4.69) is 31.2 Å². The Bertz CT molecular complexity index is 678. The minimum absolute atomic E-state index is 0.106. The molecule has 0 radical (unpaired) electrons. The van der Waals surface area contributed by atoms with Gasteiger partial charge in [-0.05, 0) is 41.4 Å². The lowest BCUT2D eigenvalue weighted by Gasteiger charge is -2.10. The second-order valence-electron chi connectivity index (χ2n) is 4.20. The number of rotatable bonds is 5. The van der Waals surface area contributed by atoms with Gasteiger partial charge < -0.3 is 10.1 Å². The summed E-state index contributed by atoms with van der Waals surface area (Å²) in [6.45, 7) is 4.39. The highest BCUT2D eigenvalue weighted by Gasteiger charge is 2.18. The summed E-state index contributed by atoms with van der Waals surface area (Å²) in [5.41, 5.74) is 0.676. The summed E-state index contributed by atoms with van der Waals surface area (Å²) in [4.78, 5) is 18.7. The Hall–Kier alpha value is -2.22. The molecule has 0 atom stereocenters. The van der Waals surface area contributed by atoms with Gasteiger partial charge in [0.05, 0.1) is 4.92 Å². The highest BCUT2D eigenvalue weighted by Crippen LogP contribution is 2.36. The molecule has 0 fully saturated rings. The first-order valence-electron chi connectivity index (χ1n) is 6.20. The molecule has 0 aliphatic carbocycles. The molecule has 0 amide bonds. The van der Waals surface area contributed by atoms with Crippen LogP contribution < -0.4 is 10.1 Å². The molecular formula is C13H13BrN4O3. The zero-order chi connectivity index (χ0) is 15.4. The Balaban J connectivity index is 2.39. The Morgan fingerprint density at radius 1 is 1.43 bits per heavy atom. The molecule has 1 aromatic carbocycles. The topological polar surface area (TPSA) is 90.2 Å². The molecule has 0 bridgehead atoms. The van der Waals surface area contributed by atoms with E-state index in [0.29, 0.717) is 16.8 Å². The molecule has 2 aromatic rings. The first-order chi connectivity index (χ1) is 10.0. The fraction of sp³-hybridized carbons (Fsp3) is 0.231. The van der Waals surface area contributed by atoms with Gasteiger partial charge in [0.1, 0.15) is 16.6 Å². The van der Waals surface area contributed by atoms with Crippen molar-refractivity contribution in [1.82, 2.24) is 9.97 Å². The van der Waals surface area contributed by atoms with Crippen molar-refractivity contribution in [3.8, 4) is 11.6 Å². The normalized spacial score (nSPS) is 10.2. The van der Waals surface area contributed by atoms with E-state index in [9.17, 15) is 10.1 Å². The Labute approximate surface area is 129 Å². The second kappa shape index (κ2) is 6.49. The first-order valence-corrected chi connectivity index (χ1v) is 6.99. The lowest BCUT2D eigenvalue weighted by Crippen LogP contribution is -2.02. The highest BCUT2D eigenvalue weighted by atomic mass is 79.9. The number of aryl methyl sites for hydroxylation is 1. The smallest absolute Gasteiger partial charge is 0.311 e. The summed E-state index contributed by atoms with van der Waals surface area (Å²) < 4.78 is 6.08. The molecule has 110 valence electrons. The predicted molar refractivity (Wildman–Crippen MR) is 81.8 cm³/mol. The van der Waals surface area contributed by atoms with Crippen LogP contribution in [0.4, 0.5) is 11.5 Å². The molecule has 7 nitrogen and oxygen atoms in total. The van der Waals surface area contributed by atoms with Gasteiger partial charge in [-0.2, -0.15) is 0 Å². The number of benzene rings is 1. The molecule has 0 aliphatic rings. The van der Waals surface area contributed by atoms with Crippen molar-refractivity contribution in [1.29, 1.82) is 0 Å². The van der Waals surface area contributed by atoms with Gasteiger partial charge in [-0.1, -0.05) is 6.07 Å². The van der Waals surface area contributed by atoms with E-state index in [1.165, 1.54) is 12.4 Å². The lowest BCUT2D eigenvalue weighted by atomic mass is 10.2. The van der Waals surface area contributed by atoms with Crippen molar-refractivity contribution in [2.24, 2.45) is 0 Å². The number of nitro benzene ring substituents is 1. The number of ether oxygens (including phenoxy) is 1. The maximum absolute atomic E-state index is 11.1. The van der Waals surface area contributed by atoms with Gasteiger partial charge in [0.25, 0.3) is 0 Å². The van der Waals surface area contributed by atoms with Crippen LogP contribution in [0.15, 0.2) is 29.0 Å². The molecule has 1 N–H and O–H groups in total. The summed E-state index contributed by atoms with van der Waals surface area (Å²) in [6, 6.07) is 4.74. The Morgan fingerprint density at radius 3 is 2.86 bits per heavy atom. The predicted octanol–water partition coefficient (Wildman–Crippen LogP) is 3.68. The second-order valence-corrected chi connectivity index (χ2v) is 5.00.